The summed E-state index contributed by atoms with van der Waals surface area (Å²) < 4.78 is 0. The highest BCUT2D eigenvalue weighted by atomic mass is 16.4. The van der Waals surface area contributed by atoms with Gasteiger partial charge in [-0.2, -0.15) is 0 Å². The standard InChI is InChI=1S/C11H17NO5/c1-7(10(14)15)9(11(16)17)6-12-4-2-8(13)3-5-12/h8,13H,2-6H2,1H3,(H,14,15)(H,16,17). The molecule has 6 nitrogen and oxygen atoms in total. The van der Waals surface area contributed by atoms with Gasteiger partial charge in [-0.1, -0.05) is 0 Å². The molecular formula is C11H17NO5. The SMILES string of the molecule is CC(C(=O)O)=C(CN1CCC(O)CC1)C(=O)O. The third-order valence-corrected chi connectivity index (χ3v) is 2.97. The summed E-state index contributed by atoms with van der Waals surface area (Å²) in [7, 11) is 0. The minimum absolute atomic E-state index is 0.0890. The Morgan fingerprint density at radius 2 is 1.71 bits per heavy atom. The van der Waals surface area contributed by atoms with Crippen molar-refractivity contribution in [3.63, 3.8) is 0 Å². The van der Waals surface area contributed by atoms with Crippen LogP contribution in [0.5, 0.6) is 0 Å². The van der Waals surface area contributed by atoms with E-state index in [1.54, 1.807) is 0 Å². The lowest BCUT2D eigenvalue weighted by Crippen LogP contribution is -2.38. The molecule has 1 aliphatic rings. The van der Waals surface area contributed by atoms with Crippen LogP contribution in [0.4, 0.5) is 0 Å². The van der Waals surface area contributed by atoms with Crippen molar-refractivity contribution in [2.75, 3.05) is 19.6 Å². The van der Waals surface area contributed by atoms with Crippen LogP contribution >= 0.6 is 0 Å². The van der Waals surface area contributed by atoms with Gasteiger partial charge in [-0.05, 0) is 19.8 Å². The van der Waals surface area contributed by atoms with E-state index in [-0.39, 0.29) is 23.8 Å². The average Bonchev–Trinajstić information content (AvgIpc) is 2.26. The minimum atomic E-state index is -1.21. The first-order valence-corrected chi connectivity index (χ1v) is 5.48. The van der Waals surface area contributed by atoms with Crippen LogP contribution in [0.3, 0.4) is 0 Å². The van der Waals surface area contributed by atoms with Crippen molar-refractivity contribution >= 4 is 11.9 Å². The van der Waals surface area contributed by atoms with Crippen LogP contribution < -0.4 is 0 Å². The molecule has 0 radical (unpaired) electrons. The lowest BCUT2D eigenvalue weighted by molar-refractivity contribution is -0.136. The van der Waals surface area contributed by atoms with E-state index >= 15 is 0 Å². The molecular weight excluding hydrogens is 226 g/mol. The van der Waals surface area contributed by atoms with Gasteiger partial charge in [0.05, 0.1) is 11.7 Å². The van der Waals surface area contributed by atoms with Crippen molar-refractivity contribution < 1.29 is 24.9 Å². The van der Waals surface area contributed by atoms with Gasteiger partial charge in [0.2, 0.25) is 0 Å². The van der Waals surface area contributed by atoms with Gasteiger partial charge in [0.1, 0.15) is 0 Å². The summed E-state index contributed by atoms with van der Waals surface area (Å²) in [5.74, 6) is -2.41. The number of nitrogens with zero attached hydrogens (tertiary/aromatic N) is 1. The monoisotopic (exact) mass is 243 g/mol. The Bertz CT molecular complexity index is 342. The van der Waals surface area contributed by atoms with E-state index in [1.165, 1.54) is 6.92 Å². The fraction of sp³-hybridized carbons (Fsp3) is 0.636. The third kappa shape index (κ3) is 3.83. The van der Waals surface area contributed by atoms with Crippen LogP contribution in [0.1, 0.15) is 19.8 Å². The summed E-state index contributed by atoms with van der Waals surface area (Å²) in [6, 6.07) is 0. The van der Waals surface area contributed by atoms with Crippen LogP contribution in [-0.4, -0.2) is 57.9 Å². The first-order chi connectivity index (χ1) is 7.91. The summed E-state index contributed by atoms with van der Waals surface area (Å²) >= 11 is 0. The van der Waals surface area contributed by atoms with E-state index in [0.29, 0.717) is 25.9 Å². The zero-order valence-electron chi connectivity index (χ0n) is 9.72. The molecule has 0 unspecified atom stereocenters. The number of piperidine rings is 1. The fourth-order valence-electron chi connectivity index (χ4n) is 1.78. The van der Waals surface area contributed by atoms with Gasteiger partial charge in [-0.25, -0.2) is 9.59 Å². The number of aliphatic carboxylic acids is 2. The predicted molar refractivity (Wildman–Crippen MR) is 59.7 cm³/mol. The van der Waals surface area contributed by atoms with Gasteiger partial charge in [0, 0.05) is 25.2 Å². The summed E-state index contributed by atoms with van der Waals surface area (Å²) in [6.07, 6.45) is 0.863. The molecule has 6 heteroatoms. The number of carboxylic acid groups (broad SMARTS) is 2. The van der Waals surface area contributed by atoms with Crippen LogP contribution in [0.15, 0.2) is 11.1 Å². The Morgan fingerprint density at radius 3 is 2.12 bits per heavy atom. The zero-order valence-corrected chi connectivity index (χ0v) is 9.72. The first-order valence-electron chi connectivity index (χ1n) is 5.48. The molecule has 0 aromatic heterocycles. The zero-order chi connectivity index (χ0) is 13.0. The second kappa shape index (κ2) is 5.79. The summed E-state index contributed by atoms with van der Waals surface area (Å²) in [4.78, 5) is 23.6. The van der Waals surface area contributed by atoms with Crippen molar-refractivity contribution in [1.29, 1.82) is 0 Å². The van der Waals surface area contributed by atoms with E-state index in [9.17, 15) is 14.7 Å². The second-order valence-corrected chi connectivity index (χ2v) is 4.22. The van der Waals surface area contributed by atoms with Gasteiger partial charge in [-0.15, -0.1) is 0 Å². The molecule has 1 heterocycles. The van der Waals surface area contributed by atoms with Crippen molar-refractivity contribution in [1.82, 2.24) is 4.90 Å². The summed E-state index contributed by atoms with van der Waals surface area (Å²) in [6.45, 7) is 2.58. The Labute approximate surface area is 99.2 Å². The lowest BCUT2D eigenvalue weighted by atomic mass is 10.1. The minimum Gasteiger partial charge on any atom is -0.478 e. The van der Waals surface area contributed by atoms with Crippen LogP contribution in [0.25, 0.3) is 0 Å². The molecule has 1 saturated heterocycles. The van der Waals surface area contributed by atoms with Gasteiger partial charge in [0.15, 0.2) is 0 Å². The van der Waals surface area contributed by atoms with Crippen LogP contribution in [-0.2, 0) is 9.59 Å². The molecule has 0 bridgehead atoms. The molecule has 0 atom stereocenters. The highest BCUT2D eigenvalue weighted by molar-refractivity contribution is 5.98. The normalized spacial score (nSPS) is 19.9. The van der Waals surface area contributed by atoms with Crippen molar-refractivity contribution in [3.8, 4) is 0 Å². The van der Waals surface area contributed by atoms with E-state index in [0.717, 1.165) is 0 Å². The smallest absolute Gasteiger partial charge is 0.333 e. The largest absolute Gasteiger partial charge is 0.478 e. The highest BCUT2D eigenvalue weighted by Gasteiger charge is 2.22. The number of aliphatic hydroxyl groups excluding tert-OH is 1. The second-order valence-electron chi connectivity index (χ2n) is 4.22. The molecule has 1 rings (SSSR count). The Morgan fingerprint density at radius 1 is 1.18 bits per heavy atom. The number of hydrogen-bond acceptors (Lipinski definition) is 4. The van der Waals surface area contributed by atoms with Gasteiger partial charge < -0.3 is 15.3 Å². The van der Waals surface area contributed by atoms with E-state index in [1.807, 2.05) is 4.90 Å². The number of rotatable bonds is 4. The number of carbonyl (C=O) groups is 2. The number of hydrogen-bond donors (Lipinski definition) is 3. The molecule has 1 aliphatic heterocycles. The molecule has 0 aliphatic carbocycles. The number of aliphatic hydroxyl groups is 1. The maximum absolute atomic E-state index is 11.0. The Balaban J connectivity index is 2.72. The molecule has 96 valence electrons. The van der Waals surface area contributed by atoms with Gasteiger partial charge in [-0.3, -0.25) is 4.90 Å². The molecule has 0 aromatic carbocycles. The predicted octanol–water partition coefficient (Wildman–Crippen LogP) is -0.0712. The topological polar surface area (TPSA) is 98.1 Å². The van der Waals surface area contributed by atoms with E-state index in [2.05, 4.69) is 0 Å². The van der Waals surface area contributed by atoms with Crippen molar-refractivity contribution in [2.24, 2.45) is 0 Å². The molecule has 0 saturated carbocycles. The molecule has 3 N–H and O–H groups in total. The van der Waals surface area contributed by atoms with Crippen molar-refractivity contribution in [2.45, 2.75) is 25.9 Å². The highest BCUT2D eigenvalue weighted by Crippen LogP contribution is 2.14. The van der Waals surface area contributed by atoms with Gasteiger partial charge in [0.25, 0.3) is 0 Å². The summed E-state index contributed by atoms with van der Waals surface area (Å²) in [5.41, 5.74) is -0.225. The quantitative estimate of drug-likeness (QED) is 0.598. The number of likely N-dealkylation sites (tertiary alicyclic amines) is 1. The number of carboxylic acids is 2. The van der Waals surface area contributed by atoms with Crippen LogP contribution in [0, 0.1) is 0 Å². The Hall–Kier alpha value is -1.40. The molecule has 0 aromatic rings. The molecule has 0 spiro atoms. The molecule has 17 heavy (non-hydrogen) atoms. The molecule has 1 fully saturated rings. The summed E-state index contributed by atoms with van der Waals surface area (Å²) in [5, 5.41) is 27.1. The van der Waals surface area contributed by atoms with Crippen molar-refractivity contribution in [3.05, 3.63) is 11.1 Å². The maximum atomic E-state index is 11.0. The molecule has 0 amide bonds. The first kappa shape index (κ1) is 13.7. The third-order valence-electron chi connectivity index (χ3n) is 2.97. The van der Waals surface area contributed by atoms with E-state index in [4.69, 9.17) is 10.2 Å². The Kier molecular flexibility index (Phi) is 4.65. The van der Waals surface area contributed by atoms with Gasteiger partial charge >= 0.3 is 11.9 Å². The fourth-order valence-corrected chi connectivity index (χ4v) is 1.78. The average molecular weight is 243 g/mol. The van der Waals surface area contributed by atoms with Crippen LogP contribution in [0.2, 0.25) is 0 Å². The van der Waals surface area contributed by atoms with E-state index < -0.39 is 11.9 Å². The lowest BCUT2D eigenvalue weighted by Gasteiger charge is -2.29. The maximum Gasteiger partial charge on any atom is 0.333 e.